The fraction of sp³-hybridized carbons (Fsp3) is 0.304. The van der Waals surface area contributed by atoms with E-state index in [0.29, 0.717) is 5.02 Å². The largest absolute Gasteiger partial charge is 0.369 e. The highest BCUT2D eigenvalue weighted by molar-refractivity contribution is 7.89. The van der Waals surface area contributed by atoms with Crippen LogP contribution in [0.4, 0.5) is 5.69 Å². The van der Waals surface area contributed by atoms with Gasteiger partial charge in [0.1, 0.15) is 0 Å². The zero-order valence-electron chi connectivity index (χ0n) is 17.3. The van der Waals surface area contributed by atoms with Crippen LogP contribution in [0, 0.1) is 0 Å². The number of nitrogens with one attached hydrogen (secondary N) is 1. The van der Waals surface area contributed by atoms with Crippen LogP contribution in [-0.2, 0) is 10.0 Å². The van der Waals surface area contributed by atoms with E-state index >= 15 is 0 Å². The van der Waals surface area contributed by atoms with Crippen LogP contribution in [-0.4, -0.2) is 45.5 Å². The summed E-state index contributed by atoms with van der Waals surface area (Å²) < 4.78 is 28.8. The number of anilines is 1. The van der Waals surface area contributed by atoms with Gasteiger partial charge in [0.25, 0.3) is 0 Å². The van der Waals surface area contributed by atoms with E-state index in [-0.39, 0.29) is 17.0 Å². The lowest BCUT2D eigenvalue weighted by Gasteiger charge is -2.42. The molecule has 31 heavy (non-hydrogen) atoms. The zero-order chi connectivity index (χ0) is 21.8. The highest BCUT2D eigenvalue weighted by Gasteiger charge is 2.32. The molecule has 0 unspecified atom stereocenters. The first-order valence-electron chi connectivity index (χ1n) is 10.3. The molecule has 4 rings (SSSR count). The minimum Gasteiger partial charge on any atom is -0.369 e. The lowest BCUT2D eigenvalue weighted by Crippen LogP contribution is -2.52. The van der Waals surface area contributed by atoms with Crippen LogP contribution in [0.2, 0.25) is 5.02 Å². The van der Waals surface area contributed by atoms with Crippen molar-refractivity contribution in [2.24, 2.45) is 0 Å². The third kappa shape index (κ3) is 5.30. The number of sulfonamides is 1. The van der Waals surface area contributed by atoms with Crippen LogP contribution in [0.3, 0.4) is 0 Å². The Morgan fingerprint density at radius 3 is 2.23 bits per heavy atom. The Hall–Kier alpha value is -1.90. The Morgan fingerprint density at radius 1 is 0.935 bits per heavy atom. The van der Waals surface area contributed by atoms with E-state index in [1.165, 1.54) is 22.7 Å². The molecule has 2 aromatic carbocycles. The zero-order valence-corrected chi connectivity index (χ0v) is 19.7. The van der Waals surface area contributed by atoms with E-state index in [1.807, 2.05) is 24.4 Å². The van der Waals surface area contributed by atoms with E-state index in [1.54, 1.807) is 23.5 Å². The second-order valence-corrected chi connectivity index (χ2v) is 10.8. The van der Waals surface area contributed by atoms with Gasteiger partial charge in [-0.25, -0.2) is 13.1 Å². The number of hydrogen-bond donors (Lipinski definition) is 1. The summed E-state index contributed by atoms with van der Waals surface area (Å²) in [6.45, 7) is 5.49. The Kier molecular flexibility index (Phi) is 6.99. The molecule has 1 N–H and O–H groups in total. The van der Waals surface area contributed by atoms with Crippen molar-refractivity contribution in [3.8, 4) is 0 Å². The monoisotopic (exact) mass is 475 g/mol. The number of hydrogen-bond acceptors (Lipinski definition) is 5. The van der Waals surface area contributed by atoms with Crippen molar-refractivity contribution >= 4 is 38.6 Å². The van der Waals surface area contributed by atoms with Gasteiger partial charge in [0.15, 0.2) is 0 Å². The second kappa shape index (κ2) is 9.71. The molecule has 0 amide bonds. The molecule has 1 aliphatic rings. The van der Waals surface area contributed by atoms with Crippen molar-refractivity contribution in [2.45, 2.75) is 23.9 Å². The third-order valence-corrected chi connectivity index (χ3v) is 8.37. The first-order chi connectivity index (χ1) is 14.9. The summed E-state index contributed by atoms with van der Waals surface area (Å²) in [6, 6.07) is 20.5. The maximum Gasteiger partial charge on any atom is 0.240 e. The van der Waals surface area contributed by atoms with Crippen molar-refractivity contribution in [1.29, 1.82) is 0 Å². The molecule has 2 heterocycles. The van der Waals surface area contributed by atoms with E-state index in [4.69, 9.17) is 11.6 Å². The van der Waals surface area contributed by atoms with E-state index < -0.39 is 10.0 Å². The summed E-state index contributed by atoms with van der Waals surface area (Å²) in [6.07, 6.45) is 0. The van der Waals surface area contributed by atoms with Gasteiger partial charge in [-0.2, -0.15) is 0 Å². The second-order valence-electron chi connectivity index (χ2n) is 7.68. The number of piperazine rings is 1. The molecule has 8 heteroatoms. The predicted octanol–water partition coefficient (Wildman–Crippen LogP) is 4.63. The van der Waals surface area contributed by atoms with Gasteiger partial charge in [0.2, 0.25) is 10.0 Å². The normalized spacial score (nSPS) is 17.4. The molecule has 0 spiro atoms. The fourth-order valence-corrected chi connectivity index (χ4v) is 6.43. The molecular weight excluding hydrogens is 450 g/mol. The van der Waals surface area contributed by atoms with Crippen LogP contribution >= 0.6 is 22.9 Å². The topological polar surface area (TPSA) is 52.7 Å². The molecular formula is C23H26ClN3O2S2. The molecule has 0 aliphatic carbocycles. The maximum absolute atomic E-state index is 13.0. The van der Waals surface area contributed by atoms with Gasteiger partial charge >= 0.3 is 0 Å². The Bertz CT molecular complexity index is 1070. The fourth-order valence-electron chi connectivity index (χ4n) is 4.09. The van der Waals surface area contributed by atoms with Crippen molar-refractivity contribution in [3.63, 3.8) is 0 Å². The van der Waals surface area contributed by atoms with E-state index in [2.05, 4.69) is 44.9 Å². The summed E-state index contributed by atoms with van der Waals surface area (Å²) in [7, 11) is -3.65. The molecule has 5 nitrogen and oxygen atoms in total. The standard InChI is InChI=1S/C23H26ClN3O2S2/c1-18(25-31(28,29)21-11-9-19(24)10-12-21)23(22-8-5-17-30-22)27-15-13-26(14-16-27)20-6-3-2-4-7-20/h2-12,17-18,23,25H,13-16H2,1H3/t18-,23-/m0/s1. The molecule has 1 aromatic heterocycles. The molecule has 0 radical (unpaired) electrons. The first-order valence-corrected chi connectivity index (χ1v) is 13.0. The molecule has 164 valence electrons. The van der Waals surface area contributed by atoms with Crippen molar-refractivity contribution in [3.05, 3.63) is 82.0 Å². The van der Waals surface area contributed by atoms with Gasteiger partial charge < -0.3 is 4.90 Å². The van der Waals surface area contributed by atoms with Crippen molar-refractivity contribution in [2.75, 3.05) is 31.1 Å². The molecule has 1 saturated heterocycles. The average Bonchev–Trinajstić information content (AvgIpc) is 3.29. The van der Waals surface area contributed by atoms with Crippen LogP contribution in [0.1, 0.15) is 17.8 Å². The van der Waals surface area contributed by atoms with Gasteiger partial charge in [-0.05, 0) is 54.8 Å². The number of thiophene rings is 1. The SMILES string of the molecule is C[C@H](NS(=O)(=O)c1ccc(Cl)cc1)[C@@H](c1cccs1)N1CCN(c2ccccc2)CC1. The quantitative estimate of drug-likeness (QED) is 0.541. The lowest BCUT2D eigenvalue weighted by molar-refractivity contribution is 0.164. The summed E-state index contributed by atoms with van der Waals surface area (Å²) in [4.78, 5) is 6.16. The number of nitrogens with zero attached hydrogens (tertiary/aromatic N) is 2. The Balaban J connectivity index is 1.50. The first kappa shape index (κ1) is 22.3. The Labute approximate surface area is 193 Å². The molecule has 1 fully saturated rings. The highest BCUT2D eigenvalue weighted by atomic mass is 35.5. The summed E-state index contributed by atoms with van der Waals surface area (Å²) in [5.41, 5.74) is 1.23. The Morgan fingerprint density at radius 2 is 1.61 bits per heavy atom. The van der Waals surface area contributed by atoms with E-state index in [9.17, 15) is 8.42 Å². The number of rotatable bonds is 7. The third-order valence-electron chi connectivity index (χ3n) is 5.60. The van der Waals surface area contributed by atoms with Crippen molar-refractivity contribution in [1.82, 2.24) is 9.62 Å². The lowest BCUT2D eigenvalue weighted by atomic mass is 10.1. The minimum absolute atomic E-state index is 0.0278. The van der Waals surface area contributed by atoms with Crippen molar-refractivity contribution < 1.29 is 8.42 Å². The van der Waals surface area contributed by atoms with Crippen LogP contribution in [0.5, 0.6) is 0 Å². The maximum atomic E-state index is 13.0. The molecule has 2 atom stereocenters. The minimum atomic E-state index is -3.65. The summed E-state index contributed by atoms with van der Waals surface area (Å²) in [5, 5.41) is 2.56. The van der Waals surface area contributed by atoms with Gasteiger partial charge in [0, 0.05) is 47.8 Å². The van der Waals surface area contributed by atoms with E-state index in [0.717, 1.165) is 26.2 Å². The predicted molar refractivity (Wildman–Crippen MR) is 129 cm³/mol. The van der Waals surface area contributed by atoms with Gasteiger partial charge in [-0.1, -0.05) is 35.9 Å². The summed E-state index contributed by atoms with van der Waals surface area (Å²) >= 11 is 7.58. The number of halogens is 1. The van der Waals surface area contributed by atoms with Crippen LogP contribution < -0.4 is 9.62 Å². The molecule has 0 saturated carbocycles. The number of para-hydroxylation sites is 1. The van der Waals surface area contributed by atoms with Gasteiger partial charge in [-0.15, -0.1) is 11.3 Å². The number of benzene rings is 2. The molecule has 1 aliphatic heterocycles. The van der Waals surface area contributed by atoms with Gasteiger partial charge in [-0.3, -0.25) is 4.90 Å². The smallest absolute Gasteiger partial charge is 0.240 e. The molecule has 3 aromatic rings. The average molecular weight is 476 g/mol. The summed E-state index contributed by atoms with van der Waals surface area (Å²) in [5.74, 6) is 0. The highest BCUT2D eigenvalue weighted by Crippen LogP contribution is 2.31. The van der Waals surface area contributed by atoms with Crippen LogP contribution in [0.25, 0.3) is 0 Å². The molecule has 0 bridgehead atoms. The van der Waals surface area contributed by atoms with Crippen LogP contribution in [0.15, 0.2) is 77.0 Å². The van der Waals surface area contributed by atoms with Gasteiger partial charge in [0.05, 0.1) is 10.9 Å².